The molecule has 0 fully saturated rings. The average molecular weight is 274 g/mol. The third kappa shape index (κ3) is 3.01. The van der Waals surface area contributed by atoms with Crippen LogP contribution < -0.4 is 0 Å². The quantitative estimate of drug-likeness (QED) is 0.921. The molecule has 0 aliphatic heterocycles. The first kappa shape index (κ1) is 14.2. The number of carboxylic acids is 1. The number of carbonyl (C=O) groups is 1. The Morgan fingerprint density at radius 2 is 1.95 bits per heavy atom. The van der Waals surface area contributed by atoms with Crippen molar-refractivity contribution < 1.29 is 9.90 Å². The van der Waals surface area contributed by atoms with Crippen LogP contribution >= 0.6 is 0 Å². The summed E-state index contributed by atoms with van der Waals surface area (Å²) in [6.45, 7) is 5.72. The molecule has 1 aromatic heterocycles. The first-order valence-corrected chi connectivity index (χ1v) is 6.45. The summed E-state index contributed by atoms with van der Waals surface area (Å²) >= 11 is 0. The Kier molecular flexibility index (Phi) is 3.83. The molecule has 0 saturated heterocycles. The van der Waals surface area contributed by atoms with Gasteiger partial charge < -0.3 is 5.11 Å². The van der Waals surface area contributed by atoms with Crippen LogP contribution in [0.15, 0.2) is 30.3 Å². The van der Waals surface area contributed by atoms with Gasteiger partial charge in [-0.05, 0) is 28.0 Å². The Morgan fingerprint density at radius 3 is 2.50 bits per heavy atom. The SMILES string of the molecule is CC(C)(C)C(Cc1nnnn1-c1ccccc1)C(=O)O. The predicted molar refractivity (Wildman–Crippen MR) is 73.4 cm³/mol. The number of nitrogens with zero attached hydrogens (tertiary/aromatic N) is 4. The smallest absolute Gasteiger partial charge is 0.307 e. The van der Waals surface area contributed by atoms with Crippen LogP contribution in [0.5, 0.6) is 0 Å². The van der Waals surface area contributed by atoms with Gasteiger partial charge in [0, 0.05) is 6.42 Å². The number of para-hydroxylation sites is 1. The van der Waals surface area contributed by atoms with E-state index in [0.717, 1.165) is 5.69 Å². The van der Waals surface area contributed by atoms with Crippen molar-refractivity contribution in [2.24, 2.45) is 11.3 Å². The lowest BCUT2D eigenvalue weighted by Gasteiger charge is -2.26. The third-order valence-electron chi connectivity index (χ3n) is 3.27. The van der Waals surface area contributed by atoms with Gasteiger partial charge in [-0.15, -0.1) is 5.10 Å². The molecule has 0 amide bonds. The summed E-state index contributed by atoms with van der Waals surface area (Å²) < 4.78 is 1.58. The standard InChI is InChI=1S/C14H18N4O2/c1-14(2,3)11(13(19)20)9-12-15-16-17-18(12)10-7-5-4-6-8-10/h4-8,11H,9H2,1-3H3,(H,19,20). The van der Waals surface area contributed by atoms with Crippen LogP contribution in [0.25, 0.3) is 5.69 Å². The Balaban J connectivity index is 2.31. The van der Waals surface area contributed by atoms with E-state index in [1.807, 2.05) is 51.1 Å². The van der Waals surface area contributed by atoms with Gasteiger partial charge in [0.25, 0.3) is 0 Å². The first-order valence-electron chi connectivity index (χ1n) is 6.45. The second-order valence-corrected chi connectivity index (χ2v) is 5.80. The minimum Gasteiger partial charge on any atom is -0.481 e. The molecular weight excluding hydrogens is 256 g/mol. The lowest BCUT2D eigenvalue weighted by atomic mass is 9.78. The van der Waals surface area contributed by atoms with Crippen molar-refractivity contribution in [3.8, 4) is 5.69 Å². The summed E-state index contributed by atoms with van der Waals surface area (Å²) in [6.07, 6.45) is 0.292. The van der Waals surface area contributed by atoms with Gasteiger partial charge in [0.2, 0.25) is 0 Å². The summed E-state index contributed by atoms with van der Waals surface area (Å²) in [6, 6.07) is 9.45. The van der Waals surface area contributed by atoms with Crippen molar-refractivity contribution in [1.29, 1.82) is 0 Å². The molecule has 0 saturated carbocycles. The van der Waals surface area contributed by atoms with Gasteiger partial charge in [0.15, 0.2) is 5.82 Å². The van der Waals surface area contributed by atoms with Crippen LogP contribution in [0.1, 0.15) is 26.6 Å². The summed E-state index contributed by atoms with van der Waals surface area (Å²) in [5.41, 5.74) is 0.463. The molecule has 0 bridgehead atoms. The van der Waals surface area contributed by atoms with Gasteiger partial charge in [-0.25, -0.2) is 0 Å². The van der Waals surface area contributed by atoms with Crippen molar-refractivity contribution in [3.05, 3.63) is 36.2 Å². The Labute approximate surface area is 117 Å². The fraction of sp³-hybridized carbons (Fsp3) is 0.429. The summed E-state index contributed by atoms with van der Waals surface area (Å²) in [5, 5.41) is 21.0. The van der Waals surface area contributed by atoms with Crippen molar-refractivity contribution in [2.75, 3.05) is 0 Å². The van der Waals surface area contributed by atoms with Gasteiger partial charge in [-0.3, -0.25) is 4.79 Å². The second-order valence-electron chi connectivity index (χ2n) is 5.80. The van der Waals surface area contributed by atoms with Crippen LogP contribution in [-0.4, -0.2) is 31.3 Å². The lowest BCUT2D eigenvalue weighted by Crippen LogP contribution is -2.31. The summed E-state index contributed by atoms with van der Waals surface area (Å²) in [5.74, 6) is -0.824. The number of tetrazole rings is 1. The third-order valence-corrected chi connectivity index (χ3v) is 3.27. The van der Waals surface area contributed by atoms with Crippen molar-refractivity contribution in [3.63, 3.8) is 0 Å². The van der Waals surface area contributed by atoms with Crippen molar-refractivity contribution in [1.82, 2.24) is 20.2 Å². The highest BCUT2D eigenvalue weighted by molar-refractivity contribution is 5.71. The van der Waals surface area contributed by atoms with Crippen LogP contribution in [0, 0.1) is 11.3 Å². The van der Waals surface area contributed by atoms with Gasteiger partial charge >= 0.3 is 5.97 Å². The normalized spacial score (nSPS) is 13.2. The first-order chi connectivity index (χ1) is 9.39. The molecule has 0 radical (unpaired) electrons. The van der Waals surface area contributed by atoms with E-state index in [2.05, 4.69) is 15.5 Å². The highest BCUT2D eigenvalue weighted by Gasteiger charge is 2.33. The number of benzene rings is 1. The Morgan fingerprint density at radius 1 is 1.30 bits per heavy atom. The molecule has 20 heavy (non-hydrogen) atoms. The molecule has 0 spiro atoms. The Bertz CT molecular complexity index is 587. The Hall–Kier alpha value is -2.24. The fourth-order valence-corrected chi connectivity index (χ4v) is 2.05. The maximum Gasteiger partial charge on any atom is 0.307 e. The number of hydrogen-bond acceptors (Lipinski definition) is 4. The lowest BCUT2D eigenvalue weighted by molar-refractivity contribution is -0.145. The van der Waals surface area contributed by atoms with Gasteiger partial charge in [0.1, 0.15) is 0 Å². The van der Waals surface area contributed by atoms with Crippen LogP contribution in [-0.2, 0) is 11.2 Å². The van der Waals surface area contributed by atoms with Crippen molar-refractivity contribution in [2.45, 2.75) is 27.2 Å². The summed E-state index contributed by atoms with van der Waals surface area (Å²) in [7, 11) is 0. The molecule has 1 atom stereocenters. The van der Waals surface area contributed by atoms with Gasteiger partial charge in [-0.2, -0.15) is 4.68 Å². The van der Waals surface area contributed by atoms with E-state index in [9.17, 15) is 9.90 Å². The monoisotopic (exact) mass is 274 g/mol. The molecule has 2 rings (SSSR count). The number of rotatable bonds is 4. The summed E-state index contributed by atoms with van der Waals surface area (Å²) in [4.78, 5) is 11.4. The van der Waals surface area contributed by atoms with E-state index < -0.39 is 11.9 Å². The van der Waals surface area contributed by atoms with Gasteiger partial charge in [0.05, 0.1) is 11.6 Å². The fourth-order valence-electron chi connectivity index (χ4n) is 2.05. The molecule has 0 aliphatic carbocycles. The molecule has 106 valence electrons. The zero-order chi connectivity index (χ0) is 14.8. The maximum absolute atomic E-state index is 11.4. The maximum atomic E-state index is 11.4. The molecule has 0 aliphatic rings. The van der Waals surface area contributed by atoms with Crippen LogP contribution in [0.3, 0.4) is 0 Å². The zero-order valence-electron chi connectivity index (χ0n) is 11.8. The average Bonchev–Trinajstić information content (AvgIpc) is 2.83. The second kappa shape index (κ2) is 5.40. The van der Waals surface area contributed by atoms with E-state index in [1.165, 1.54) is 0 Å². The number of carboxylic acid groups (broad SMARTS) is 1. The van der Waals surface area contributed by atoms with Crippen LogP contribution in [0.4, 0.5) is 0 Å². The van der Waals surface area contributed by atoms with E-state index in [1.54, 1.807) is 4.68 Å². The molecule has 6 heteroatoms. The highest BCUT2D eigenvalue weighted by atomic mass is 16.4. The van der Waals surface area contributed by atoms with Crippen LogP contribution in [0.2, 0.25) is 0 Å². The molecule has 1 N–H and O–H groups in total. The zero-order valence-corrected chi connectivity index (χ0v) is 11.8. The molecule has 1 aromatic carbocycles. The molecule has 1 heterocycles. The molecular formula is C14H18N4O2. The van der Waals surface area contributed by atoms with E-state index in [0.29, 0.717) is 12.2 Å². The van der Waals surface area contributed by atoms with Crippen molar-refractivity contribution >= 4 is 5.97 Å². The van der Waals surface area contributed by atoms with E-state index in [4.69, 9.17) is 0 Å². The highest BCUT2D eigenvalue weighted by Crippen LogP contribution is 2.29. The van der Waals surface area contributed by atoms with E-state index >= 15 is 0 Å². The predicted octanol–water partition coefficient (Wildman–Crippen LogP) is 1.95. The number of aliphatic carboxylic acids is 1. The minimum atomic E-state index is -0.833. The molecule has 1 unspecified atom stereocenters. The molecule has 6 nitrogen and oxygen atoms in total. The molecule has 2 aromatic rings. The minimum absolute atomic E-state index is 0.292. The largest absolute Gasteiger partial charge is 0.481 e. The number of hydrogen-bond donors (Lipinski definition) is 1. The number of aromatic nitrogens is 4. The van der Waals surface area contributed by atoms with Gasteiger partial charge in [-0.1, -0.05) is 39.0 Å². The van der Waals surface area contributed by atoms with E-state index in [-0.39, 0.29) is 5.41 Å². The topological polar surface area (TPSA) is 80.9 Å².